The first kappa shape index (κ1) is 11.9. The highest BCUT2D eigenvalue weighted by molar-refractivity contribution is 4.83. The molecule has 0 aromatic carbocycles. The highest BCUT2D eigenvalue weighted by Gasteiger charge is 2.52. The molecule has 0 aromatic heterocycles. The molecule has 0 atom stereocenters. The molecule has 0 bridgehead atoms. The van der Waals surface area contributed by atoms with Gasteiger partial charge in [-0.05, 0) is 25.7 Å². The summed E-state index contributed by atoms with van der Waals surface area (Å²) >= 11 is 0. The van der Waals surface area contributed by atoms with Gasteiger partial charge in [0.1, 0.15) is 0 Å². The third kappa shape index (κ3) is 2.51. The Bertz CT molecular complexity index is 222. The van der Waals surface area contributed by atoms with Gasteiger partial charge in [0.2, 0.25) is 11.6 Å². The van der Waals surface area contributed by atoms with Gasteiger partial charge in [-0.15, -0.1) is 0 Å². The summed E-state index contributed by atoms with van der Waals surface area (Å²) in [4.78, 5) is 11.4. The lowest BCUT2D eigenvalue weighted by molar-refractivity contribution is -0.354. The average Bonchev–Trinajstić information content (AvgIpc) is 2.51. The quantitative estimate of drug-likeness (QED) is 0.597. The first-order valence-corrected chi connectivity index (χ1v) is 7.40. The highest BCUT2D eigenvalue weighted by Crippen LogP contribution is 2.46. The van der Waals surface area contributed by atoms with Crippen LogP contribution in [0.3, 0.4) is 0 Å². The van der Waals surface area contributed by atoms with E-state index in [2.05, 4.69) is 0 Å². The second-order valence-electron chi connectivity index (χ2n) is 5.92. The lowest BCUT2D eigenvalue weighted by atomic mass is 10.0. The Kier molecular flexibility index (Phi) is 3.42. The number of hydrogen-bond acceptors (Lipinski definition) is 3. The second kappa shape index (κ2) is 4.87. The molecule has 0 radical (unpaired) electrons. The fraction of sp³-hybridized carbons (Fsp3) is 1.00. The maximum atomic E-state index is 6.33. The van der Waals surface area contributed by atoms with E-state index < -0.39 is 11.6 Å². The van der Waals surface area contributed by atoms with Gasteiger partial charge in [0.15, 0.2) is 0 Å². The standard InChI is InChI=1S/C14H24O3/c1-2-6-10-13(9-5-1)15-14(17-16-13)11-7-3-4-8-12-14/h1-12H2. The van der Waals surface area contributed by atoms with E-state index >= 15 is 0 Å². The molecule has 0 amide bonds. The predicted octanol–water partition coefficient (Wildman–Crippen LogP) is 4.07. The van der Waals surface area contributed by atoms with Crippen molar-refractivity contribution in [3.8, 4) is 0 Å². The van der Waals surface area contributed by atoms with Crippen molar-refractivity contribution >= 4 is 0 Å². The van der Waals surface area contributed by atoms with Gasteiger partial charge in [-0.3, -0.25) is 0 Å². The molecular formula is C14H24O3. The van der Waals surface area contributed by atoms with Crippen LogP contribution in [0.5, 0.6) is 0 Å². The molecular weight excluding hydrogens is 216 g/mol. The van der Waals surface area contributed by atoms with Crippen molar-refractivity contribution in [2.45, 2.75) is 88.6 Å². The third-order valence-corrected chi connectivity index (χ3v) is 4.45. The van der Waals surface area contributed by atoms with Crippen LogP contribution in [0, 0.1) is 0 Å². The molecule has 2 spiro atoms. The Morgan fingerprint density at radius 2 is 0.824 bits per heavy atom. The number of hydrogen-bond donors (Lipinski definition) is 0. The fourth-order valence-corrected chi connectivity index (χ4v) is 3.43. The topological polar surface area (TPSA) is 27.7 Å². The molecule has 0 aromatic rings. The third-order valence-electron chi connectivity index (χ3n) is 4.45. The minimum Gasteiger partial charge on any atom is -0.312 e. The molecule has 98 valence electrons. The van der Waals surface area contributed by atoms with Crippen molar-refractivity contribution in [1.82, 2.24) is 0 Å². The van der Waals surface area contributed by atoms with Crippen molar-refractivity contribution in [2.75, 3.05) is 0 Å². The van der Waals surface area contributed by atoms with Crippen molar-refractivity contribution in [3.63, 3.8) is 0 Å². The monoisotopic (exact) mass is 240 g/mol. The van der Waals surface area contributed by atoms with E-state index in [0.29, 0.717) is 0 Å². The zero-order valence-corrected chi connectivity index (χ0v) is 10.7. The highest BCUT2D eigenvalue weighted by atomic mass is 17.3. The second-order valence-corrected chi connectivity index (χ2v) is 5.92. The van der Waals surface area contributed by atoms with E-state index in [1.165, 1.54) is 51.4 Å². The van der Waals surface area contributed by atoms with Crippen LogP contribution >= 0.6 is 0 Å². The van der Waals surface area contributed by atoms with E-state index in [1.54, 1.807) is 0 Å². The van der Waals surface area contributed by atoms with Crippen LogP contribution in [0.4, 0.5) is 0 Å². The zero-order chi connectivity index (χ0) is 11.6. The zero-order valence-electron chi connectivity index (χ0n) is 10.7. The normalized spacial score (nSPS) is 32.5. The van der Waals surface area contributed by atoms with Crippen LogP contribution in [-0.4, -0.2) is 11.6 Å². The lowest BCUT2D eigenvalue weighted by Crippen LogP contribution is -2.36. The van der Waals surface area contributed by atoms with E-state index in [0.717, 1.165) is 25.7 Å². The van der Waals surface area contributed by atoms with Gasteiger partial charge in [0.25, 0.3) is 0 Å². The summed E-state index contributed by atoms with van der Waals surface area (Å²) < 4.78 is 6.33. The molecule has 3 aliphatic rings. The summed E-state index contributed by atoms with van der Waals surface area (Å²) in [7, 11) is 0. The molecule has 1 saturated heterocycles. The maximum absolute atomic E-state index is 6.33. The smallest absolute Gasteiger partial charge is 0.204 e. The molecule has 2 aliphatic carbocycles. The van der Waals surface area contributed by atoms with Crippen molar-refractivity contribution in [2.24, 2.45) is 0 Å². The van der Waals surface area contributed by atoms with E-state index in [1.807, 2.05) is 0 Å². The molecule has 3 rings (SSSR count). The Morgan fingerprint density at radius 1 is 0.471 bits per heavy atom. The number of rotatable bonds is 0. The molecule has 0 unspecified atom stereocenters. The van der Waals surface area contributed by atoms with Crippen LogP contribution in [0.25, 0.3) is 0 Å². The predicted molar refractivity (Wildman–Crippen MR) is 64.1 cm³/mol. The molecule has 3 heteroatoms. The van der Waals surface area contributed by atoms with Crippen LogP contribution in [0.2, 0.25) is 0 Å². The minimum atomic E-state index is -0.402. The summed E-state index contributed by atoms with van der Waals surface area (Å²) in [6, 6.07) is 0. The molecule has 0 N–H and O–H groups in total. The van der Waals surface area contributed by atoms with Gasteiger partial charge in [-0.1, -0.05) is 25.7 Å². The van der Waals surface area contributed by atoms with Crippen LogP contribution in [0.1, 0.15) is 77.0 Å². The van der Waals surface area contributed by atoms with Crippen molar-refractivity contribution in [1.29, 1.82) is 0 Å². The average molecular weight is 240 g/mol. The molecule has 3 nitrogen and oxygen atoms in total. The van der Waals surface area contributed by atoms with Crippen molar-refractivity contribution < 1.29 is 14.5 Å². The molecule has 2 saturated carbocycles. The number of ether oxygens (including phenoxy) is 1. The van der Waals surface area contributed by atoms with Crippen molar-refractivity contribution in [3.05, 3.63) is 0 Å². The SMILES string of the molecule is C1CCCC2(CC1)OOC1(CCCCCC1)O2. The fourth-order valence-electron chi connectivity index (χ4n) is 3.43. The van der Waals surface area contributed by atoms with E-state index in [9.17, 15) is 0 Å². The Hall–Kier alpha value is -0.120. The molecule has 1 aliphatic heterocycles. The Balaban J connectivity index is 1.69. The minimum absolute atomic E-state index is 0.402. The molecule has 3 fully saturated rings. The first-order valence-electron chi connectivity index (χ1n) is 7.40. The summed E-state index contributed by atoms with van der Waals surface area (Å²) in [6.07, 6.45) is 14.1. The van der Waals surface area contributed by atoms with Crippen LogP contribution in [-0.2, 0) is 14.5 Å². The van der Waals surface area contributed by atoms with E-state index in [4.69, 9.17) is 14.5 Å². The summed E-state index contributed by atoms with van der Waals surface area (Å²) in [5.41, 5.74) is 0. The maximum Gasteiger partial charge on any atom is 0.204 e. The van der Waals surface area contributed by atoms with Gasteiger partial charge in [-0.25, -0.2) is 0 Å². The van der Waals surface area contributed by atoms with Gasteiger partial charge in [-0.2, -0.15) is 9.78 Å². The van der Waals surface area contributed by atoms with Gasteiger partial charge in [0, 0.05) is 25.7 Å². The van der Waals surface area contributed by atoms with E-state index in [-0.39, 0.29) is 0 Å². The molecule has 1 heterocycles. The summed E-state index contributed by atoms with van der Waals surface area (Å²) in [6.45, 7) is 0. The van der Waals surface area contributed by atoms with Gasteiger partial charge < -0.3 is 4.74 Å². The van der Waals surface area contributed by atoms with Crippen LogP contribution < -0.4 is 0 Å². The molecule has 17 heavy (non-hydrogen) atoms. The lowest BCUT2D eigenvalue weighted by Gasteiger charge is -2.27. The van der Waals surface area contributed by atoms with Crippen LogP contribution in [0.15, 0.2) is 0 Å². The van der Waals surface area contributed by atoms with Gasteiger partial charge >= 0.3 is 0 Å². The Morgan fingerprint density at radius 3 is 1.18 bits per heavy atom. The first-order chi connectivity index (χ1) is 8.33. The summed E-state index contributed by atoms with van der Waals surface area (Å²) in [5, 5.41) is 0. The van der Waals surface area contributed by atoms with Gasteiger partial charge in [0.05, 0.1) is 0 Å². The summed E-state index contributed by atoms with van der Waals surface area (Å²) in [5.74, 6) is -0.804. The largest absolute Gasteiger partial charge is 0.312 e. The Labute approximate surface area is 104 Å².